The summed E-state index contributed by atoms with van der Waals surface area (Å²) < 4.78 is 10.4. The second kappa shape index (κ2) is 7.55. The first kappa shape index (κ1) is 16.6. The Hall–Kier alpha value is -2.25. The minimum atomic E-state index is -0.178. The maximum atomic E-state index is 12.4. The molecule has 1 unspecified atom stereocenters. The molecule has 2 heterocycles. The standard InChI is InChI=1S/C17H22N4O3/c1-13(23-2)16-18-15(24-19-16)12-20-8-10-21(11-9-20)17(22)14-6-4-3-5-7-14/h3-7,13H,8-12H2,1-2H3. The van der Waals surface area contributed by atoms with E-state index in [1.165, 1.54) is 0 Å². The molecule has 1 aromatic heterocycles. The number of carbonyl (C=O) groups excluding carboxylic acids is 1. The molecule has 0 spiro atoms. The molecule has 24 heavy (non-hydrogen) atoms. The Kier molecular flexibility index (Phi) is 5.22. The van der Waals surface area contributed by atoms with Gasteiger partial charge in [-0.25, -0.2) is 0 Å². The van der Waals surface area contributed by atoms with Gasteiger partial charge < -0.3 is 14.2 Å². The molecule has 1 saturated heterocycles. The molecule has 0 aliphatic carbocycles. The van der Waals surface area contributed by atoms with Gasteiger partial charge in [-0.05, 0) is 19.1 Å². The van der Waals surface area contributed by atoms with E-state index in [0.29, 0.717) is 31.3 Å². The Bertz CT molecular complexity index is 665. The molecule has 128 valence electrons. The molecule has 0 N–H and O–H groups in total. The van der Waals surface area contributed by atoms with Crippen LogP contribution in [0.3, 0.4) is 0 Å². The van der Waals surface area contributed by atoms with Gasteiger partial charge >= 0.3 is 0 Å². The van der Waals surface area contributed by atoms with Crippen LogP contribution in [0, 0.1) is 0 Å². The number of methoxy groups -OCH3 is 1. The average molecular weight is 330 g/mol. The van der Waals surface area contributed by atoms with E-state index in [-0.39, 0.29) is 12.0 Å². The molecule has 0 saturated carbocycles. The Labute approximate surface area is 141 Å². The van der Waals surface area contributed by atoms with E-state index in [1.807, 2.05) is 42.2 Å². The largest absolute Gasteiger partial charge is 0.374 e. The fourth-order valence-electron chi connectivity index (χ4n) is 2.67. The summed E-state index contributed by atoms with van der Waals surface area (Å²) in [6.45, 7) is 5.44. The number of benzene rings is 1. The van der Waals surface area contributed by atoms with Crippen LogP contribution >= 0.6 is 0 Å². The molecular weight excluding hydrogens is 308 g/mol. The van der Waals surface area contributed by atoms with Crippen molar-refractivity contribution in [2.75, 3.05) is 33.3 Å². The van der Waals surface area contributed by atoms with Gasteiger partial charge in [0, 0.05) is 38.9 Å². The molecule has 3 rings (SSSR count). The Balaban J connectivity index is 1.52. The maximum Gasteiger partial charge on any atom is 0.253 e. The highest BCUT2D eigenvalue weighted by atomic mass is 16.5. The highest BCUT2D eigenvalue weighted by Gasteiger charge is 2.23. The minimum absolute atomic E-state index is 0.0873. The first-order valence-corrected chi connectivity index (χ1v) is 8.09. The lowest BCUT2D eigenvalue weighted by Crippen LogP contribution is -2.48. The van der Waals surface area contributed by atoms with Crippen molar-refractivity contribution in [1.82, 2.24) is 19.9 Å². The second-order valence-corrected chi connectivity index (χ2v) is 5.86. The third-order valence-corrected chi connectivity index (χ3v) is 4.24. The summed E-state index contributed by atoms with van der Waals surface area (Å²) in [5.74, 6) is 1.23. The van der Waals surface area contributed by atoms with Gasteiger partial charge in [0.05, 0.1) is 6.54 Å². The third-order valence-electron chi connectivity index (χ3n) is 4.24. The van der Waals surface area contributed by atoms with Gasteiger partial charge in [0.2, 0.25) is 5.89 Å². The van der Waals surface area contributed by atoms with Gasteiger partial charge in [-0.15, -0.1) is 0 Å². The van der Waals surface area contributed by atoms with E-state index in [1.54, 1.807) is 7.11 Å². The molecule has 7 nitrogen and oxygen atoms in total. The molecule has 1 aliphatic heterocycles. The zero-order valence-electron chi connectivity index (χ0n) is 14.0. The molecule has 1 atom stereocenters. The van der Waals surface area contributed by atoms with E-state index in [0.717, 1.165) is 18.7 Å². The zero-order valence-corrected chi connectivity index (χ0v) is 14.0. The van der Waals surface area contributed by atoms with Crippen LogP contribution in [0.2, 0.25) is 0 Å². The number of nitrogens with zero attached hydrogens (tertiary/aromatic N) is 4. The highest BCUT2D eigenvalue weighted by Crippen LogP contribution is 2.14. The summed E-state index contributed by atoms with van der Waals surface area (Å²) in [5, 5.41) is 3.93. The molecule has 0 radical (unpaired) electrons. The van der Waals surface area contributed by atoms with Gasteiger partial charge in [-0.1, -0.05) is 23.4 Å². The summed E-state index contributed by atoms with van der Waals surface area (Å²) in [6.07, 6.45) is -0.178. The van der Waals surface area contributed by atoms with Gasteiger partial charge in [0.15, 0.2) is 5.82 Å². The van der Waals surface area contributed by atoms with Crippen LogP contribution < -0.4 is 0 Å². The van der Waals surface area contributed by atoms with Crippen LogP contribution in [-0.2, 0) is 11.3 Å². The molecule has 7 heteroatoms. The van der Waals surface area contributed by atoms with Crippen molar-refractivity contribution in [3.8, 4) is 0 Å². The summed E-state index contributed by atoms with van der Waals surface area (Å²) >= 11 is 0. The highest BCUT2D eigenvalue weighted by molar-refractivity contribution is 5.94. The minimum Gasteiger partial charge on any atom is -0.374 e. The number of rotatable bonds is 5. The number of aromatic nitrogens is 2. The lowest BCUT2D eigenvalue weighted by atomic mass is 10.2. The summed E-state index contributed by atoms with van der Waals surface area (Å²) in [6, 6.07) is 9.39. The molecule has 0 bridgehead atoms. The fourth-order valence-corrected chi connectivity index (χ4v) is 2.67. The van der Waals surface area contributed by atoms with E-state index in [2.05, 4.69) is 15.0 Å². The number of hydrogen-bond donors (Lipinski definition) is 0. The average Bonchev–Trinajstić information content (AvgIpc) is 3.10. The fraction of sp³-hybridized carbons (Fsp3) is 0.471. The van der Waals surface area contributed by atoms with Crippen LogP contribution in [0.4, 0.5) is 0 Å². The van der Waals surface area contributed by atoms with E-state index >= 15 is 0 Å². The number of amides is 1. The monoisotopic (exact) mass is 330 g/mol. The lowest BCUT2D eigenvalue weighted by Gasteiger charge is -2.34. The lowest BCUT2D eigenvalue weighted by molar-refractivity contribution is 0.0615. The van der Waals surface area contributed by atoms with Gasteiger partial charge in [0.1, 0.15) is 6.10 Å². The van der Waals surface area contributed by atoms with E-state index in [4.69, 9.17) is 9.26 Å². The maximum absolute atomic E-state index is 12.4. The predicted octanol–water partition coefficient (Wildman–Crippen LogP) is 1.74. The van der Waals surface area contributed by atoms with E-state index in [9.17, 15) is 4.79 Å². The van der Waals surface area contributed by atoms with Gasteiger partial charge in [-0.3, -0.25) is 9.69 Å². The Morgan fingerprint density at radius 1 is 1.25 bits per heavy atom. The normalized spacial score (nSPS) is 17.0. The summed E-state index contributed by atoms with van der Waals surface area (Å²) in [5.41, 5.74) is 0.737. The van der Waals surface area contributed by atoms with Crippen molar-refractivity contribution in [3.05, 3.63) is 47.6 Å². The van der Waals surface area contributed by atoms with Crippen molar-refractivity contribution < 1.29 is 14.1 Å². The number of carbonyl (C=O) groups is 1. The van der Waals surface area contributed by atoms with E-state index < -0.39 is 0 Å². The van der Waals surface area contributed by atoms with Gasteiger partial charge in [-0.2, -0.15) is 4.98 Å². The van der Waals surface area contributed by atoms with Crippen LogP contribution in [0.15, 0.2) is 34.9 Å². The first-order chi connectivity index (χ1) is 11.7. The van der Waals surface area contributed by atoms with Crippen molar-refractivity contribution in [3.63, 3.8) is 0 Å². The van der Waals surface area contributed by atoms with Gasteiger partial charge in [0.25, 0.3) is 5.91 Å². The summed E-state index contributed by atoms with van der Waals surface area (Å²) in [4.78, 5) is 20.9. The first-order valence-electron chi connectivity index (χ1n) is 8.09. The molecular formula is C17H22N4O3. The molecule has 1 amide bonds. The predicted molar refractivity (Wildman–Crippen MR) is 87.3 cm³/mol. The topological polar surface area (TPSA) is 71.7 Å². The van der Waals surface area contributed by atoms with Crippen molar-refractivity contribution in [2.24, 2.45) is 0 Å². The van der Waals surface area contributed by atoms with Crippen molar-refractivity contribution in [1.29, 1.82) is 0 Å². The van der Waals surface area contributed by atoms with Crippen molar-refractivity contribution >= 4 is 5.91 Å². The summed E-state index contributed by atoms with van der Waals surface area (Å²) in [7, 11) is 1.61. The Morgan fingerprint density at radius 2 is 1.96 bits per heavy atom. The number of piperazine rings is 1. The smallest absolute Gasteiger partial charge is 0.253 e. The zero-order chi connectivity index (χ0) is 16.9. The van der Waals surface area contributed by atoms with Crippen LogP contribution in [-0.4, -0.2) is 59.1 Å². The van der Waals surface area contributed by atoms with Crippen LogP contribution in [0.1, 0.15) is 35.1 Å². The second-order valence-electron chi connectivity index (χ2n) is 5.86. The quantitative estimate of drug-likeness (QED) is 0.831. The van der Waals surface area contributed by atoms with Crippen LogP contribution in [0.5, 0.6) is 0 Å². The number of hydrogen-bond acceptors (Lipinski definition) is 6. The number of ether oxygens (including phenoxy) is 1. The molecule has 1 aromatic carbocycles. The SMILES string of the molecule is COC(C)c1noc(CN2CCN(C(=O)c3ccccc3)CC2)n1. The molecule has 2 aromatic rings. The van der Waals surface area contributed by atoms with Crippen molar-refractivity contribution in [2.45, 2.75) is 19.6 Å². The van der Waals surface area contributed by atoms with Crippen LogP contribution in [0.25, 0.3) is 0 Å². The third kappa shape index (κ3) is 3.80. The molecule has 1 aliphatic rings. The molecule has 1 fully saturated rings. The Morgan fingerprint density at radius 3 is 2.62 bits per heavy atom.